The highest BCUT2D eigenvalue weighted by Gasteiger charge is 2.13. The fourth-order valence-electron chi connectivity index (χ4n) is 2.19. The van der Waals surface area contributed by atoms with Crippen LogP contribution in [0.1, 0.15) is 24.0 Å². The lowest BCUT2D eigenvalue weighted by molar-refractivity contribution is 0.310. The Balaban J connectivity index is 2.40. The van der Waals surface area contributed by atoms with Crippen molar-refractivity contribution in [2.45, 2.75) is 12.8 Å². The number of rotatable bonds is 6. The summed E-state index contributed by atoms with van der Waals surface area (Å²) in [6.07, 6.45) is 5.50. The van der Waals surface area contributed by atoms with Gasteiger partial charge in [-0.15, -0.1) is 6.58 Å². The van der Waals surface area contributed by atoms with Gasteiger partial charge >= 0.3 is 0 Å². The van der Waals surface area contributed by atoms with Gasteiger partial charge in [0.05, 0.1) is 13.7 Å². The van der Waals surface area contributed by atoms with Crippen molar-refractivity contribution in [2.75, 3.05) is 13.7 Å². The molecule has 0 N–H and O–H groups in total. The normalized spacial score (nSPS) is 11.7. The SMILES string of the molecule is C=CC(c1ccncc1)c1ccc(OC)c(OCC)c1. The minimum Gasteiger partial charge on any atom is -0.493 e. The number of aromatic nitrogens is 1. The van der Waals surface area contributed by atoms with Gasteiger partial charge < -0.3 is 9.47 Å². The maximum atomic E-state index is 5.63. The molecule has 104 valence electrons. The lowest BCUT2D eigenvalue weighted by Gasteiger charge is -2.16. The lowest BCUT2D eigenvalue weighted by Crippen LogP contribution is -2.01. The summed E-state index contributed by atoms with van der Waals surface area (Å²) >= 11 is 0. The Morgan fingerprint density at radius 2 is 1.90 bits per heavy atom. The molecule has 0 saturated heterocycles. The first kappa shape index (κ1) is 14.1. The Bertz CT molecular complexity index is 566. The van der Waals surface area contributed by atoms with Gasteiger partial charge in [-0.1, -0.05) is 12.1 Å². The van der Waals surface area contributed by atoms with Crippen molar-refractivity contribution in [3.63, 3.8) is 0 Å². The van der Waals surface area contributed by atoms with Crippen molar-refractivity contribution in [2.24, 2.45) is 0 Å². The van der Waals surface area contributed by atoms with Gasteiger partial charge in [0.1, 0.15) is 0 Å². The third kappa shape index (κ3) is 2.99. The number of methoxy groups -OCH3 is 1. The second kappa shape index (κ2) is 6.75. The van der Waals surface area contributed by atoms with E-state index < -0.39 is 0 Å². The van der Waals surface area contributed by atoms with Crippen LogP contribution in [-0.2, 0) is 0 Å². The molecule has 1 aromatic carbocycles. The van der Waals surface area contributed by atoms with Gasteiger partial charge in [-0.25, -0.2) is 0 Å². The highest BCUT2D eigenvalue weighted by molar-refractivity contribution is 5.47. The fourth-order valence-corrected chi connectivity index (χ4v) is 2.19. The summed E-state index contributed by atoms with van der Waals surface area (Å²) in [5.74, 6) is 1.62. The molecule has 3 nitrogen and oxygen atoms in total. The Morgan fingerprint density at radius 1 is 1.15 bits per heavy atom. The smallest absolute Gasteiger partial charge is 0.161 e. The molecule has 0 saturated carbocycles. The molecule has 0 aliphatic rings. The maximum absolute atomic E-state index is 5.63. The minimum atomic E-state index is 0.114. The standard InChI is InChI=1S/C17H19NO2/c1-4-15(13-8-10-18-11-9-13)14-6-7-16(19-3)17(12-14)20-5-2/h4,6-12,15H,1,5H2,2-3H3. The van der Waals surface area contributed by atoms with Crippen LogP contribution in [-0.4, -0.2) is 18.7 Å². The van der Waals surface area contributed by atoms with Gasteiger partial charge in [0.25, 0.3) is 0 Å². The van der Waals surface area contributed by atoms with Crippen molar-refractivity contribution in [1.29, 1.82) is 0 Å². The largest absolute Gasteiger partial charge is 0.493 e. The molecule has 2 rings (SSSR count). The van der Waals surface area contributed by atoms with E-state index in [1.807, 2.05) is 43.3 Å². The molecular weight excluding hydrogens is 250 g/mol. The van der Waals surface area contributed by atoms with Crippen molar-refractivity contribution < 1.29 is 9.47 Å². The van der Waals surface area contributed by atoms with Gasteiger partial charge in [-0.3, -0.25) is 4.98 Å². The van der Waals surface area contributed by atoms with E-state index in [9.17, 15) is 0 Å². The summed E-state index contributed by atoms with van der Waals surface area (Å²) in [5.41, 5.74) is 2.28. The third-order valence-electron chi connectivity index (χ3n) is 3.15. The predicted molar refractivity (Wildman–Crippen MR) is 80.4 cm³/mol. The van der Waals surface area contributed by atoms with Crippen LogP contribution in [0.2, 0.25) is 0 Å². The van der Waals surface area contributed by atoms with Crippen LogP contribution in [0, 0.1) is 0 Å². The first-order valence-corrected chi connectivity index (χ1v) is 6.63. The predicted octanol–water partition coefficient (Wildman–Crippen LogP) is 3.81. The van der Waals surface area contributed by atoms with E-state index in [0.29, 0.717) is 6.61 Å². The fraction of sp³-hybridized carbons (Fsp3) is 0.235. The van der Waals surface area contributed by atoms with Gasteiger partial charge in [0, 0.05) is 18.3 Å². The summed E-state index contributed by atoms with van der Waals surface area (Å²) in [5, 5.41) is 0. The molecule has 0 aliphatic carbocycles. The molecule has 0 bridgehead atoms. The monoisotopic (exact) mass is 269 g/mol. The lowest BCUT2D eigenvalue weighted by atomic mass is 9.92. The maximum Gasteiger partial charge on any atom is 0.161 e. The van der Waals surface area contributed by atoms with E-state index in [-0.39, 0.29) is 5.92 Å². The first-order chi connectivity index (χ1) is 9.80. The molecule has 20 heavy (non-hydrogen) atoms. The minimum absolute atomic E-state index is 0.114. The molecule has 0 radical (unpaired) electrons. The molecule has 2 aromatic rings. The number of benzene rings is 1. The molecule has 0 fully saturated rings. The van der Waals surface area contributed by atoms with E-state index >= 15 is 0 Å². The quantitative estimate of drug-likeness (QED) is 0.747. The number of pyridine rings is 1. The summed E-state index contributed by atoms with van der Waals surface area (Å²) in [7, 11) is 1.64. The molecule has 1 atom stereocenters. The summed E-state index contributed by atoms with van der Waals surface area (Å²) in [4.78, 5) is 4.05. The van der Waals surface area contributed by atoms with E-state index in [1.54, 1.807) is 19.5 Å². The zero-order valence-corrected chi connectivity index (χ0v) is 11.9. The molecule has 0 amide bonds. The molecule has 0 spiro atoms. The van der Waals surface area contributed by atoms with Crippen LogP contribution in [0.25, 0.3) is 0 Å². The second-order valence-electron chi connectivity index (χ2n) is 4.34. The molecule has 0 aliphatic heterocycles. The Hall–Kier alpha value is -2.29. The van der Waals surface area contributed by atoms with Crippen molar-refractivity contribution in [3.05, 3.63) is 66.5 Å². The summed E-state index contributed by atoms with van der Waals surface area (Å²) in [6.45, 7) is 6.50. The molecular formula is C17H19NO2. The van der Waals surface area contributed by atoms with Crippen molar-refractivity contribution in [1.82, 2.24) is 4.98 Å². The molecule has 1 aromatic heterocycles. The first-order valence-electron chi connectivity index (χ1n) is 6.63. The average molecular weight is 269 g/mol. The summed E-state index contributed by atoms with van der Waals surface area (Å²) in [6, 6.07) is 9.97. The van der Waals surface area contributed by atoms with Crippen molar-refractivity contribution in [3.8, 4) is 11.5 Å². The number of nitrogens with zero attached hydrogens (tertiary/aromatic N) is 1. The number of hydrogen-bond donors (Lipinski definition) is 0. The molecule has 1 heterocycles. The summed E-state index contributed by atoms with van der Waals surface area (Å²) < 4.78 is 10.9. The van der Waals surface area contributed by atoms with Crippen LogP contribution >= 0.6 is 0 Å². The highest BCUT2D eigenvalue weighted by Crippen LogP contribution is 2.33. The van der Waals surface area contributed by atoms with Gasteiger partial charge in [-0.05, 0) is 42.3 Å². The zero-order valence-electron chi connectivity index (χ0n) is 11.9. The van der Waals surface area contributed by atoms with E-state index in [4.69, 9.17) is 9.47 Å². The van der Waals surface area contributed by atoms with Crippen LogP contribution < -0.4 is 9.47 Å². The Morgan fingerprint density at radius 3 is 2.50 bits per heavy atom. The topological polar surface area (TPSA) is 31.4 Å². The third-order valence-corrected chi connectivity index (χ3v) is 3.15. The van der Waals surface area contributed by atoms with E-state index in [2.05, 4.69) is 11.6 Å². The van der Waals surface area contributed by atoms with Crippen LogP contribution in [0.3, 0.4) is 0 Å². The van der Waals surface area contributed by atoms with Gasteiger partial charge in [0.15, 0.2) is 11.5 Å². The van der Waals surface area contributed by atoms with Gasteiger partial charge in [-0.2, -0.15) is 0 Å². The number of hydrogen-bond acceptors (Lipinski definition) is 3. The Labute approximate surface area is 119 Å². The molecule has 1 unspecified atom stereocenters. The molecule has 3 heteroatoms. The van der Waals surface area contributed by atoms with Crippen molar-refractivity contribution >= 4 is 0 Å². The van der Waals surface area contributed by atoms with E-state index in [1.165, 1.54) is 0 Å². The number of allylic oxidation sites excluding steroid dienone is 1. The Kier molecular flexibility index (Phi) is 4.77. The van der Waals surface area contributed by atoms with Gasteiger partial charge in [0.2, 0.25) is 0 Å². The average Bonchev–Trinajstić information content (AvgIpc) is 2.50. The van der Waals surface area contributed by atoms with Crippen LogP contribution in [0.15, 0.2) is 55.4 Å². The van der Waals surface area contributed by atoms with Crippen LogP contribution in [0.5, 0.6) is 11.5 Å². The second-order valence-corrected chi connectivity index (χ2v) is 4.34. The van der Waals surface area contributed by atoms with Crippen LogP contribution in [0.4, 0.5) is 0 Å². The highest BCUT2D eigenvalue weighted by atomic mass is 16.5. The zero-order chi connectivity index (χ0) is 14.4. The number of ether oxygens (including phenoxy) is 2. The van der Waals surface area contributed by atoms with E-state index in [0.717, 1.165) is 22.6 Å².